The van der Waals surface area contributed by atoms with Crippen molar-refractivity contribution in [2.75, 3.05) is 25.0 Å². The molecule has 0 aromatic heterocycles. The van der Waals surface area contributed by atoms with E-state index in [-0.39, 0.29) is 11.8 Å². The van der Waals surface area contributed by atoms with E-state index in [0.717, 1.165) is 24.8 Å². The Morgan fingerprint density at radius 2 is 1.83 bits per heavy atom. The maximum absolute atomic E-state index is 13.1. The molecule has 30 heavy (non-hydrogen) atoms. The summed E-state index contributed by atoms with van der Waals surface area (Å²) in [5.74, 6) is 0.341. The number of nitrogens with zero attached hydrogens (tertiary/aromatic N) is 1. The Morgan fingerprint density at radius 1 is 1.10 bits per heavy atom. The highest BCUT2D eigenvalue weighted by Crippen LogP contribution is 2.30. The van der Waals surface area contributed by atoms with Gasteiger partial charge in [-0.1, -0.05) is 18.2 Å². The predicted molar refractivity (Wildman–Crippen MR) is 116 cm³/mol. The highest BCUT2D eigenvalue weighted by molar-refractivity contribution is 7.89. The van der Waals surface area contributed by atoms with E-state index in [1.165, 1.54) is 9.87 Å². The lowest BCUT2D eigenvalue weighted by Crippen LogP contribution is -2.41. The molecular weight excluding hydrogens is 400 g/mol. The van der Waals surface area contributed by atoms with Crippen molar-refractivity contribution in [3.05, 3.63) is 53.6 Å². The normalized spacial score (nSPS) is 17.5. The van der Waals surface area contributed by atoms with E-state index in [1.54, 1.807) is 6.07 Å². The molecule has 2 aromatic rings. The molecule has 0 saturated carbocycles. The van der Waals surface area contributed by atoms with Crippen molar-refractivity contribution in [2.45, 2.75) is 43.9 Å². The van der Waals surface area contributed by atoms with Crippen LogP contribution in [0.4, 0.5) is 5.69 Å². The lowest BCUT2D eigenvalue weighted by molar-refractivity contribution is -0.120. The molecule has 7 heteroatoms. The van der Waals surface area contributed by atoms with Gasteiger partial charge in [0.25, 0.3) is 0 Å². The number of carbonyl (C=O) groups is 1. The second-order valence-electron chi connectivity index (χ2n) is 7.88. The molecule has 1 aliphatic heterocycles. The van der Waals surface area contributed by atoms with Crippen molar-refractivity contribution >= 4 is 21.6 Å². The molecule has 1 aliphatic carbocycles. The summed E-state index contributed by atoms with van der Waals surface area (Å²) < 4.78 is 33.2. The summed E-state index contributed by atoms with van der Waals surface area (Å²) in [5, 5.41) is 2.95. The molecule has 1 saturated heterocycles. The summed E-state index contributed by atoms with van der Waals surface area (Å²) >= 11 is 0. The average molecular weight is 429 g/mol. The van der Waals surface area contributed by atoms with Gasteiger partial charge in [0.15, 0.2) is 0 Å². The number of ether oxygens (including phenoxy) is 1. The largest absolute Gasteiger partial charge is 0.492 e. The van der Waals surface area contributed by atoms with Crippen LogP contribution in [0.3, 0.4) is 0 Å². The zero-order chi connectivity index (χ0) is 21.1. The Morgan fingerprint density at radius 3 is 2.60 bits per heavy atom. The first-order chi connectivity index (χ1) is 14.5. The fourth-order valence-electron chi connectivity index (χ4n) is 4.30. The molecule has 1 fully saturated rings. The number of piperidine rings is 1. The molecule has 0 radical (unpaired) electrons. The topological polar surface area (TPSA) is 75.7 Å². The summed E-state index contributed by atoms with van der Waals surface area (Å²) in [4.78, 5) is 13.1. The zero-order valence-corrected chi connectivity index (χ0v) is 18.1. The fourth-order valence-corrected chi connectivity index (χ4v) is 5.82. The third-order valence-electron chi connectivity index (χ3n) is 5.98. The molecule has 160 valence electrons. The van der Waals surface area contributed by atoms with Crippen LogP contribution in [0.15, 0.2) is 47.4 Å². The van der Waals surface area contributed by atoms with Crippen LogP contribution in [0.1, 0.15) is 37.3 Å². The first-order valence-corrected chi connectivity index (χ1v) is 12.1. The number of aryl methyl sites for hydroxylation is 2. The van der Waals surface area contributed by atoms with Crippen molar-refractivity contribution in [3.8, 4) is 5.75 Å². The van der Waals surface area contributed by atoms with Gasteiger partial charge < -0.3 is 10.1 Å². The molecule has 2 aromatic carbocycles. The SMILES string of the molecule is CCOc1ccccc1NC(=O)C1CCN(S(=O)(=O)c2ccc3c(c2)CCC3)CC1. The van der Waals surface area contributed by atoms with Gasteiger partial charge in [-0.25, -0.2) is 8.42 Å². The van der Waals surface area contributed by atoms with E-state index in [2.05, 4.69) is 5.32 Å². The minimum Gasteiger partial charge on any atom is -0.492 e. The number of sulfonamides is 1. The molecule has 1 N–H and O–H groups in total. The number of benzene rings is 2. The molecule has 0 atom stereocenters. The second kappa shape index (κ2) is 8.78. The van der Waals surface area contributed by atoms with Crippen LogP contribution < -0.4 is 10.1 Å². The van der Waals surface area contributed by atoms with E-state index in [0.29, 0.717) is 48.9 Å². The standard InChI is InChI=1S/C23H28N2O4S/c1-2-29-22-9-4-3-8-21(22)24-23(26)18-12-14-25(15-13-18)30(27,28)20-11-10-17-6-5-7-19(17)16-20/h3-4,8-11,16,18H,2,5-7,12-15H2,1H3,(H,24,26). The first kappa shape index (κ1) is 20.9. The minimum atomic E-state index is -3.52. The van der Waals surface area contributed by atoms with Gasteiger partial charge in [0.05, 0.1) is 17.2 Å². The summed E-state index contributed by atoms with van der Waals surface area (Å²) in [5.41, 5.74) is 3.06. The highest BCUT2D eigenvalue weighted by Gasteiger charge is 2.32. The number of fused-ring (bicyclic) bond motifs is 1. The predicted octanol–water partition coefficient (Wildman–Crippen LogP) is 3.61. The molecule has 6 nitrogen and oxygen atoms in total. The molecular formula is C23H28N2O4S. The van der Waals surface area contributed by atoms with Crippen molar-refractivity contribution < 1.29 is 17.9 Å². The van der Waals surface area contributed by atoms with Gasteiger partial charge in [0.2, 0.25) is 15.9 Å². The van der Waals surface area contributed by atoms with Crippen LogP contribution in [0.25, 0.3) is 0 Å². The van der Waals surface area contributed by atoms with Crippen molar-refractivity contribution in [1.29, 1.82) is 0 Å². The molecule has 1 heterocycles. The Hall–Kier alpha value is -2.38. The summed E-state index contributed by atoms with van der Waals surface area (Å²) in [6.45, 7) is 3.12. The highest BCUT2D eigenvalue weighted by atomic mass is 32.2. The molecule has 0 bridgehead atoms. The van der Waals surface area contributed by atoms with E-state index in [1.807, 2.05) is 43.3 Å². The van der Waals surface area contributed by atoms with Gasteiger partial charge in [-0.05, 0) is 74.4 Å². The lowest BCUT2D eigenvalue weighted by Gasteiger charge is -2.30. The van der Waals surface area contributed by atoms with Gasteiger partial charge in [-0.15, -0.1) is 0 Å². The van der Waals surface area contributed by atoms with Gasteiger partial charge >= 0.3 is 0 Å². The van der Waals surface area contributed by atoms with Crippen LogP contribution >= 0.6 is 0 Å². The maximum Gasteiger partial charge on any atom is 0.243 e. The number of nitrogens with one attached hydrogen (secondary N) is 1. The maximum atomic E-state index is 13.1. The molecule has 2 aliphatic rings. The summed E-state index contributed by atoms with van der Waals surface area (Å²) in [6.07, 6.45) is 4.08. The zero-order valence-electron chi connectivity index (χ0n) is 17.3. The van der Waals surface area contributed by atoms with Crippen LogP contribution in [0, 0.1) is 5.92 Å². The van der Waals surface area contributed by atoms with Crippen LogP contribution in [0.2, 0.25) is 0 Å². The summed E-state index contributed by atoms with van der Waals surface area (Å²) in [6, 6.07) is 12.9. The molecule has 1 amide bonds. The second-order valence-corrected chi connectivity index (χ2v) is 9.82. The van der Waals surface area contributed by atoms with Crippen LogP contribution in [0.5, 0.6) is 5.75 Å². The van der Waals surface area contributed by atoms with Gasteiger partial charge in [0.1, 0.15) is 5.75 Å². The Labute approximate surface area is 178 Å². The number of carbonyl (C=O) groups excluding carboxylic acids is 1. The van der Waals surface area contributed by atoms with Crippen molar-refractivity contribution in [3.63, 3.8) is 0 Å². The number of amides is 1. The molecule has 0 spiro atoms. The average Bonchev–Trinajstić information content (AvgIpc) is 3.23. The fraction of sp³-hybridized carbons (Fsp3) is 0.435. The summed E-state index contributed by atoms with van der Waals surface area (Å²) in [7, 11) is -3.52. The van der Waals surface area contributed by atoms with Crippen molar-refractivity contribution in [1.82, 2.24) is 4.31 Å². The van der Waals surface area contributed by atoms with E-state index < -0.39 is 10.0 Å². The minimum absolute atomic E-state index is 0.0864. The Kier molecular flexibility index (Phi) is 6.11. The van der Waals surface area contributed by atoms with E-state index in [9.17, 15) is 13.2 Å². The third-order valence-corrected chi connectivity index (χ3v) is 7.87. The van der Waals surface area contributed by atoms with Gasteiger partial charge in [0, 0.05) is 19.0 Å². The van der Waals surface area contributed by atoms with Crippen molar-refractivity contribution in [2.24, 2.45) is 5.92 Å². The number of anilines is 1. The van der Waals surface area contributed by atoms with Crippen LogP contribution in [-0.4, -0.2) is 38.3 Å². The Balaban J connectivity index is 1.39. The molecule has 4 rings (SSSR count). The van der Waals surface area contributed by atoms with E-state index >= 15 is 0 Å². The number of para-hydroxylation sites is 2. The van der Waals surface area contributed by atoms with E-state index in [4.69, 9.17) is 4.74 Å². The number of rotatable bonds is 6. The van der Waals surface area contributed by atoms with Gasteiger partial charge in [-0.3, -0.25) is 4.79 Å². The Bertz CT molecular complexity index is 1030. The first-order valence-electron chi connectivity index (χ1n) is 10.6. The number of hydrogen-bond acceptors (Lipinski definition) is 4. The monoisotopic (exact) mass is 428 g/mol. The van der Waals surface area contributed by atoms with Gasteiger partial charge in [-0.2, -0.15) is 4.31 Å². The smallest absolute Gasteiger partial charge is 0.243 e. The third kappa shape index (κ3) is 4.23. The van der Waals surface area contributed by atoms with Crippen LogP contribution in [-0.2, 0) is 27.7 Å². The number of hydrogen-bond donors (Lipinski definition) is 1. The molecule has 0 unspecified atom stereocenters. The lowest BCUT2D eigenvalue weighted by atomic mass is 9.97. The quantitative estimate of drug-likeness (QED) is 0.763.